The van der Waals surface area contributed by atoms with Gasteiger partial charge in [0.25, 0.3) is 5.91 Å². The minimum absolute atomic E-state index is 0.0742. The quantitative estimate of drug-likeness (QED) is 0.778. The third-order valence-electron chi connectivity index (χ3n) is 5.49. The Bertz CT molecular complexity index is 786. The molecule has 3 rings (SSSR count). The number of carbonyl (C=O) groups is 2. The van der Waals surface area contributed by atoms with Crippen LogP contribution in [-0.2, 0) is 9.59 Å². The molecule has 2 aromatic carbocycles. The largest absolute Gasteiger partial charge is 0.481 e. The van der Waals surface area contributed by atoms with Crippen molar-refractivity contribution in [3.8, 4) is 5.75 Å². The molecule has 1 aliphatic heterocycles. The highest BCUT2D eigenvalue weighted by molar-refractivity contribution is 5.84. The Labute approximate surface area is 173 Å². The molecular formula is C24H30N2O3. The van der Waals surface area contributed by atoms with Crippen molar-refractivity contribution in [2.45, 2.75) is 51.2 Å². The zero-order chi connectivity index (χ0) is 20.6. The van der Waals surface area contributed by atoms with Gasteiger partial charge in [-0.2, -0.15) is 0 Å². The Morgan fingerprint density at radius 2 is 1.62 bits per heavy atom. The SMILES string of the molecule is CCC(C(=O)N1CCC(NC(=O)C(C)Oc2ccccc2)CC1)c1ccccc1. The molecular weight excluding hydrogens is 364 g/mol. The highest BCUT2D eigenvalue weighted by atomic mass is 16.5. The topological polar surface area (TPSA) is 58.6 Å². The second kappa shape index (κ2) is 10.1. The molecule has 0 radical (unpaired) electrons. The first-order chi connectivity index (χ1) is 14.1. The lowest BCUT2D eigenvalue weighted by Crippen LogP contribution is -2.50. The van der Waals surface area contributed by atoms with Gasteiger partial charge in [-0.15, -0.1) is 0 Å². The number of piperidine rings is 1. The zero-order valence-corrected chi connectivity index (χ0v) is 17.2. The van der Waals surface area contributed by atoms with Crippen LogP contribution in [0.5, 0.6) is 5.75 Å². The number of rotatable bonds is 7. The van der Waals surface area contributed by atoms with E-state index in [-0.39, 0.29) is 23.8 Å². The molecule has 0 aromatic heterocycles. The summed E-state index contributed by atoms with van der Waals surface area (Å²) in [6.07, 6.45) is 1.76. The summed E-state index contributed by atoms with van der Waals surface area (Å²) in [6, 6.07) is 19.4. The first kappa shape index (κ1) is 20.9. The van der Waals surface area contributed by atoms with Gasteiger partial charge < -0.3 is 15.0 Å². The van der Waals surface area contributed by atoms with Crippen molar-refractivity contribution < 1.29 is 14.3 Å². The maximum atomic E-state index is 13.0. The van der Waals surface area contributed by atoms with Gasteiger partial charge in [0.2, 0.25) is 5.91 Å². The minimum atomic E-state index is -0.556. The molecule has 154 valence electrons. The zero-order valence-electron chi connectivity index (χ0n) is 17.2. The maximum Gasteiger partial charge on any atom is 0.260 e. The Morgan fingerprint density at radius 1 is 1.03 bits per heavy atom. The van der Waals surface area contributed by atoms with Crippen LogP contribution in [-0.4, -0.2) is 41.9 Å². The lowest BCUT2D eigenvalue weighted by atomic mass is 9.93. The van der Waals surface area contributed by atoms with Crippen LogP contribution < -0.4 is 10.1 Å². The fourth-order valence-corrected chi connectivity index (χ4v) is 3.78. The van der Waals surface area contributed by atoms with E-state index in [4.69, 9.17) is 4.74 Å². The number of nitrogens with zero attached hydrogens (tertiary/aromatic N) is 1. The molecule has 29 heavy (non-hydrogen) atoms. The molecule has 2 amide bonds. The van der Waals surface area contributed by atoms with E-state index in [0.717, 1.165) is 24.8 Å². The van der Waals surface area contributed by atoms with Crippen molar-refractivity contribution in [3.63, 3.8) is 0 Å². The minimum Gasteiger partial charge on any atom is -0.481 e. The molecule has 0 bridgehead atoms. The molecule has 0 spiro atoms. The maximum absolute atomic E-state index is 13.0. The summed E-state index contributed by atoms with van der Waals surface area (Å²) in [5.41, 5.74) is 1.07. The number of carbonyl (C=O) groups excluding carboxylic acids is 2. The molecule has 0 saturated carbocycles. The van der Waals surface area contributed by atoms with E-state index in [0.29, 0.717) is 18.8 Å². The van der Waals surface area contributed by atoms with Crippen LogP contribution in [0.4, 0.5) is 0 Å². The van der Waals surface area contributed by atoms with Crippen LogP contribution in [0.1, 0.15) is 44.6 Å². The summed E-state index contributed by atoms with van der Waals surface area (Å²) in [5, 5.41) is 3.07. The van der Waals surface area contributed by atoms with E-state index in [1.165, 1.54) is 0 Å². The van der Waals surface area contributed by atoms with Gasteiger partial charge >= 0.3 is 0 Å². The highest BCUT2D eigenvalue weighted by Gasteiger charge is 2.29. The van der Waals surface area contributed by atoms with E-state index in [9.17, 15) is 9.59 Å². The summed E-state index contributed by atoms with van der Waals surface area (Å²) in [7, 11) is 0. The summed E-state index contributed by atoms with van der Waals surface area (Å²) in [4.78, 5) is 27.4. The van der Waals surface area contributed by atoms with Gasteiger partial charge in [-0.25, -0.2) is 0 Å². The molecule has 1 heterocycles. The number of ether oxygens (including phenoxy) is 1. The Balaban J connectivity index is 1.48. The Morgan fingerprint density at radius 3 is 2.21 bits per heavy atom. The molecule has 1 aliphatic rings. The second-order valence-corrected chi connectivity index (χ2v) is 7.55. The third kappa shape index (κ3) is 5.59. The van der Waals surface area contributed by atoms with Crippen LogP contribution in [0.3, 0.4) is 0 Å². The lowest BCUT2D eigenvalue weighted by Gasteiger charge is -2.35. The number of nitrogens with one attached hydrogen (secondary N) is 1. The standard InChI is InChI=1S/C24H30N2O3/c1-3-22(19-10-6-4-7-11-19)24(28)26-16-14-20(15-17-26)25-23(27)18(2)29-21-12-8-5-9-13-21/h4-13,18,20,22H,3,14-17H2,1-2H3,(H,25,27). The van der Waals surface area contributed by atoms with Crippen molar-refractivity contribution >= 4 is 11.8 Å². The van der Waals surface area contributed by atoms with Gasteiger partial charge in [0.1, 0.15) is 5.75 Å². The number of benzene rings is 2. The Kier molecular flexibility index (Phi) is 7.28. The van der Waals surface area contributed by atoms with Gasteiger partial charge in [0, 0.05) is 19.1 Å². The van der Waals surface area contributed by atoms with Gasteiger partial charge in [0.05, 0.1) is 5.92 Å². The van der Waals surface area contributed by atoms with Gasteiger partial charge in [0.15, 0.2) is 6.10 Å². The molecule has 2 aromatic rings. The van der Waals surface area contributed by atoms with E-state index in [1.54, 1.807) is 6.92 Å². The summed E-state index contributed by atoms with van der Waals surface area (Å²) in [6.45, 7) is 5.14. The van der Waals surface area contributed by atoms with Gasteiger partial charge in [-0.1, -0.05) is 55.5 Å². The summed E-state index contributed by atoms with van der Waals surface area (Å²) in [5.74, 6) is 0.655. The first-order valence-electron chi connectivity index (χ1n) is 10.4. The summed E-state index contributed by atoms with van der Waals surface area (Å²) >= 11 is 0. The molecule has 1 N–H and O–H groups in total. The van der Waals surface area contributed by atoms with Crippen LogP contribution >= 0.6 is 0 Å². The van der Waals surface area contributed by atoms with Crippen molar-refractivity contribution in [1.29, 1.82) is 0 Å². The number of amides is 2. The van der Waals surface area contributed by atoms with E-state index >= 15 is 0 Å². The van der Waals surface area contributed by atoms with Crippen LogP contribution in [0.15, 0.2) is 60.7 Å². The van der Waals surface area contributed by atoms with Gasteiger partial charge in [-0.3, -0.25) is 9.59 Å². The third-order valence-corrected chi connectivity index (χ3v) is 5.49. The molecule has 5 heteroatoms. The normalized spacial score (nSPS) is 16.7. The fraction of sp³-hybridized carbons (Fsp3) is 0.417. The van der Waals surface area contributed by atoms with E-state index < -0.39 is 6.10 Å². The smallest absolute Gasteiger partial charge is 0.260 e. The number of likely N-dealkylation sites (tertiary alicyclic amines) is 1. The average molecular weight is 395 g/mol. The van der Waals surface area contributed by atoms with E-state index in [2.05, 4.69) is 12.2 Å². The van der Waals surface area contributed by atoms with Crippen molar-refractivity contribution in [3.05, 3.63) is 66.2 Å². The lowest BCUT2D eigenvalue weighted by molar-refractivity contribution is -0.134. The van der Waals surface area contributed by atoms with Crippen LogP contribution in [0, 0.1) is 0 Å². The molecule has 1 saturated heterocycles. The van der Waals surface area contributed by atoms with Crippen molar-refractivity contribution in [2.75, 3.05) is 13.1 Å². The van der Waals surface area contributed by atoms with Crippen molar-refractivity contribution in [1.82, 2.24) is 10.2 Å². The van der Waals surface area contributed by atoms with Crippen molar-refractivity contribution in [2.24, 2.45) is 0 Å². The predicted molar refractivity (Wildman–Crippen MR) is 114 cm³/mol. The molecule has 1 fully saturated rings. The molecule has 2 unspecified atom stereocenters. The molecule has 0 aliphatic carbocycles. The summed E-state index contributed by atoms with van der Waals surface area (Å²) < 4.78 is 5.70. The van der Waals surface area contributed by atoms with Gasteiger partial charge in [-0.05, 0) is 43.9 Å². The average Bonchev–Trinajstić information content (AvgIpc) is 2.76. The molecule has 2 atom stereocenters. The first-order valence-corrected chi connectivity index (χ1v) is 10.4. The number of hydrogen-bond donors (Lipinski definition) is 1. The molecule has 5 nitrogen and oxygen atoms in total. The van der Waals surface area contributed by atoms with E-state index in [1.807, 2.05) is 65.6 Å². The van der Waals surface area contributed by atoms with Crippen LogP contribution in [0.25, 0.3) is 0 Å². The number of hydrogen-bond acceptors (Lipinski definition) is 3. The predicted octanol–water partition coefficient (Wildman–Crippen LogP) is 3.75. The fourth-order valence-electron chi connectivity index (χ4n) is 3.78. The van der Waals surface area contributed by atoms with Crippen LogP contribution in [0.2, 0.25) is 0 Å². The highest BCUT2D eigenvalue weighted by Crippen LogP contribution is 2.24. The number of para-hydroxylation sites is 1. The monoisotopic (exact) mass is 394 g/mol. The Hall–Kier alpha value is -2.82. The second-order valence-electron chi connectivity index (χ2n) is 7.55.